The molecule has 1 aromatic carbocycles. The zero-order valence-electron chi connectivity index (χ0n) is 17.3. The molecule has 1 aliphatic carbocycles. The van der Waals surface area contributed by atoms with Crippen molar-refractivity contribution in [2.24, 2.45) is 0 Å². The van der Waals surface area contributed by atoms with Gasteiger partial charge in [0.05, 0.1) is 0 Å². The summed E-state index contributed by atoms with van der Waals surface area (Å²) in [5, 5.41) is 6.66. The van der Waals surface area contributed by atoms with Crippen LogP contribution < -0.4 is 15.5 Å². The zero-order chi connectivity index (χ0) is 20.1. The van der Waals surface area contributed by atoms with Gasteiger partial charge in [0.2, 0.25) is 5.95 Å². The predicted molar refractivity (Wildman–Crippen MR) is 114 cm³/mol. The summed E-state index contributed by atoms with van der Waals surface area (Å²) < 4.78 is 0. The molecule has 0 spiro atoms. The smallest absolute Gasteiger partial charge is 0.251 e. The average molecular weight is 382 g/mol. The highest BCUT2D eigenvalue weighted by molar-refractivity contribution is 5.94. The Morgan fingerprint density at radius 3 is 2.57 bits per heavy atom. The lowest BCUT2D eigenvalue weighted by Crippen LogP contribution is -2.40. The molecule has 1 fully saturated rings. The first-order chi connectivity index (χ1) is 13.5. The van der Waals surface area contributed by atoms with Gasteiger partial charge in [-0.15, -0.1) is 0 Å². The number of nitrogens with one attached hydrogen (secondary N) is 2. The molecular weight excluding hydrogens is 350 g/mol. The maximum Gasteiger partial charge on any atom is 0.251 e. The van der Waals surface area contributed by atoms with E-state index in [1.165, 1.54) is 5.56 Å². The molecule has 1 heterocycles. The largest absolute Gasteiger partial charge is 0.362 e. The second kappa shape index (κ2) is 9.04. The van der Waals surface area contributed by atoms with Crippen molar-refractivity contribution in [1.82, 2.24) is 15.3 Å². The minimum atomic E-state index is 0.0317. The van der Waals surface area contributed by atoms with Gasteiger partial charge in [-0.2, -0.15) is 4.98 Å². The van der Waals surface area contributed by atoms with E-state index in [1.54, 1.807) is 0 Å². The lowest BCUT2D eigenvalue weighted by atomic mass is 9.91. The van der Waals surface area contributed by atoms with Crippen LogP contribution in [0.1, 0.15) is 54.1 Å². The third kappa shape index (κ3) is 5.00. The molecule has 1 aliphatic rings. The molecule has 6 heteroatoms. The highest BCUT2D eigenvalue weighted by Crippen LogP contribution is 2.23. The van der Waals surface area contributed by atoms with Crippen molar-refractivity contribution in [2.45, 2.75) is 58.0 Å². The molecule has 150 valence electrons. The fraction of sp³-hybridized carbons (Fsp3) is 0.500. The number of nitrogens with zero attached hydrogens (tertiary/aromatic N) is 3. The standard InChI is InChI=1S/C22H31N5O/c1-5-16-7-6-8-17(13-16)21(28)24-18-9-11-19(12-10-18)25-22-23-14-15(2)20(26-22)27(3)4/h6-8,13-14,18-19H,5,9-12H2,1-4H3,(H,24,28)(H,23,25,26)/t18-,19+. The van der Waals surface area contributed by atoms with Gasteiger partial charge in [0, 0.05) is 43.5 Å². The highest BCUT2D eigenvalue weighted by Gasteiger charge is 2.23. The van der Waals surface area contributed by atoms with Crippen molar-refractivity contribution >= 4 is 17.7 Å². The molecule has 0 bridgehead atoms. The Bertz CT molecular complexity index is 812. The Labute approximate surface area is 167 Å². The van der Waals surface area contributed by atoms with Crippen molar-refractivity contribution < 1.29 is 4.79 Å². The maximum atomic E-state index is 12.5. The van der Waals surface area contributed by atoms with Crippen molar-refractivity contribution in [2.75, 3.05) is 24.3 Å². The maximum absolute atomic E-state index is 12.5. The van der Waals surface area contributed by atoms with Crippen molar-refractivity contribution in [3.05, 3.63) is 47.2 Å². The second-order valence-electron chi connectivity index (χ2n) is 7.81. The zero-order valence-corrected chi connectivity index (χ0v) is 17.3. The molecule has 0 radical (unpaired) electrons. The van der Waals surface area contributed by atoms with Gasteiger partial charge in [-0.1, -0.05) is 19.1 Å². The van der Waals surface area contributed by atoms with Gasteiger partial charge in [-0.25, -0.2) is 4.98 Å². The van der Waals surface area contributed by atoms with Crippen molar-refractivity contribution in [1.29, 1.82) is 0 Å². The Morgan fingerprint density at radius 1 is 1.18 bits per heavy atom. The SMILES string of the molecule is CCc1cccc(C(=O)N[C@H]2CC[C@@H](Nc3ncc(C)c(N(C)C)n3)CC2)c1. The van der Waals surface area contributed by atoms with E-state index in [4.69, 9.17) is 0 Å². The van der Waals surface area contributed by atoms with Gasteiger partial charge in [0.1, 0.15) is 5.82 Å². The topological polar surface area (TPSA) is 70.2 Å². The first-order valence-electron chi connectivity index (χ1n) is 10.1. The fourth-order valence-electron chi connectivity index (χ4n) is 3.72. The summed E-state index contributed by atoms with van der Waals surface area (Å²) in [6, 6.07) is 8.46. The van der Waals surface area contributed by atoms with E-state index < -0.39 is 0 Å². The molecule has 0 unspecified atom stereocenters. The first kappa shape index (κ1) is 20.1. The summed E-state index contributed by atoms with van der Waals surface area (Å²) in [4.78, 5) is 23.6. The molecule has 3 rings (SSSR count). The molecule has 1 saturated carbocycles. The van der Waals surface area contributed by atoms with E-state index in [0.717, 1.165) is 49.0 Å². The minimum absolute atomic E-state index is 0.0317. The van der Waals surface area contributed by atoms with Crippen LogP contribution in [0.15, 0.2) is 30.5 Å². The number of rotatable bonds is 6. The Morgan fingerprint density at radius 2 is 1.89 bits per heavy atom. The molecule has 1 amide bonds. The van der Waals surface area contributed by atoms with Gasteiger partial charge >= 0.3 is 0 Å². The first-order valence-corrected chi connectivity index (χ1v) is 10.1. The van der Waals surface area contributed by atoms with E-state index in [0.29, 0.717) is 12.0 Å². The van der Waals surface area contributed by atoms with Gasteiger partial charge in [0.25, 0.3) is 5.91 Å². The fourth-order valence-corrected chi connectivity index (χ4v) is 3.72. The van der Waals surface area contributed by atoms with Gasteiger partial charge in [-0.05, 0) is 56.7 Å². The number of carbonyl (C=O) groups excluding carboxylic acids is 1. The van der Waals surface area contributed by atoms with Crippen LogP contribution in [0.3, 0.4) is 0 Å². The number of anilines is 2. The number of aromatic nitrogens is 2. The highest BCUT2D eigenvalue weighted by atomic mass is 16.1. The van der Waals surface area contributed by atoms with Crippen LogP contribution in [0.2, 0.25) is 0 Å². The van der Waals surface area contributed by atoms with Crippen LogP contribution in [0.5, 0.6) is 0 Å². The normalized spacial score (nSPS) is 19.1. The molecule has 28 heavy (non-hydrogen) atoms. The van der Waals surface area contributed by atoms with Gasteiger partial charge < -0.3 is 15.5 Å². The van der Waals surface area contributed by atoms with Crippen LogP contribution in [0.4, 0.5) is 11.8 Å². The van der Waals surface area contributed by atoms with Crippen LogP contribution in [0.25, 0.3) is 0 Å². The summed E-state index contributed by atoms with van der Waals surface area (Å²) in [5.74, 6) is 1.65. The number of aryl methyl sites for hydroxylation is 2. The number of amides is 1. The van der Waals surface area contributed by atoms with Crippen molar-refractivity contribution in [3.8, 4) is 0 Å². The van der Waals surface area contributed by atoms with Crippen molar-refractivity contribution in [3.63, 3.8) is 0 Å². The lowest BCUT2D eigenvalue weighted by molar-refractivity contribution is 0.0926. The predicted octanol–water partition coefficient (Wildman–Crippen LogP) is 3.57. The molecular formula is C22H31N5O. The Kier molecular flexibility index (Phi) is 6.49. The third-order valence-corrected chi connectivity index (χ3v) is 5.36. The van der Waals surface area contributed by atoms with Crippen LogP contribution in [0, 0.1) is 6.92 Å². The monoisotopic (exact) mass is 381 g/mol. The minimum Gasteiger partial charge on any atom is -0.362 e. The van der Waals surface area contributed by atoms with Crippen LogP contribution >= 0.6 is 0 Å². The van der Waals surface area contributed by atoms with E-state index in [-0.39, 0.29) is 11.9 Å². The molecule has 2 aromatic rings. The van der Waals surface area contributed by atoms with Gasteiger partial charge in [-0.3, -0.25) is 4.79 Å². The van der Waals surface area contributed by atoms with Crippen LogP contribution in [-0.2, 0) is 6.42 Å². The summed E-state index contributed by atoms with van der Waals surface area (Å²) in [6.07, 6.45) is 6.71. The summed E-state index contributed by atoms with van der Waals surface area (Å²) >= 11 is 0. The van der Waals surface area contributed by atoms with E-state index >= 15 is 0 Å². The average Bonchev–Trinajstić information content (AvgIpc) is 2.70. The second-order valence-corrected chi connectivity index (χ2v) is 7.81. The summed E-state index contributed by atoms with van der Waals surface area (Å²) in [6.45, 7) is 4.12. The van der Waals surface area contributed by atoms with Gasteiger partial charge in [0.15, 0.2) is 0 Å². The molecule has 0 saturated heterocycles. The van der Waals surface area contributed by atoms with E-state index in [2.05, 4.69) is 33.6 Å². The van der Waals surface area contributed by atoms with E-state index in [1.807, 2.05) is 50.3 Å². The lowest BCUT2D eigenvalue weighted by Gasteiger charge is -2.30. The number of hydrogen-bond donors (Lipinski definition) is 2. The van der Waals surface area contributed by atoms with E-state index in [9.17, 15) is 4.79 Å². The Balaban J connectivity index is 1.52. The number of benzene rings is 1. The molecule has 0 aliphatic heterocycles. The Hall–Kier alpha value is -2.63. The van der Waals surface area contributed by atoms with Crippen LogP contribution in [-0.4, -0.2) is 42.1 Å². The third-order valence-electron chi connectivity index (χ3n) is 5.36. The molecule has 2 N–H and O–H groups in total. The number of carbonyl (C=O) groups is 1. The summed E-state index contributed by atoms with van der Waals surface area (Å²) in [5.41, 5.74) is 3.01. The molecule has 6 nitrogen and oxygen atoms in total. The summed E-state index contributed by atoms with van der Waals surface area (Å²) in [7, 11) is 3.98. The number of hydrogen-bond acceptors (Lipinski definition) is 5. The molecule has 0 atom stereocenters. The molecule has 1 aromatic heterocycles. The quantitative estimate of drug-likeness (QED) is 0.801.